The van der Waals surface area contributed by atoms with Crippen molar-refractivity contribution in [1.29, 1.82) is 0 Å². The Kier molecular flexibility index (Phi) is 2.30. The maximum absolute atomic E-state index is 10.1. The number of hydrogen-bond donors (Lipinski definition) is 1. The minimum Gasteiger partial charge on any atom is -0.390 e. The van der Waals surface area contributed by atoms with Gasteiger partial charge in [0.05, 0.1) is 5.60 Å². The highest BCUT2D eigenvalue weighted by Gasteiger charge is 2.38. The third kappa shape index (κ3) is 1.54. The van der Waals surface area contributed by atoms with Gasteiger partial charge in [0.25, 0.3) is 0 Å². The lowest BCUT2D eigenvalue weighted by molar-refractivity contribution is 0.0324. The first-order chi connectivity index (χ1) is 6.53. The average molecular weight is 192 g/mol. The molecular weight excluding hydrogens is 172 g/mol. The molecule has 78 valence electrons. The summed E-state index contributed by atoms with van der Waals surface area (Å²) in [4.78, 5) is 0. The monoisotopic (exact) mass is 192 g/mol. The molecule has 1 nitrogen and oxygen atoms in total. The van der Waals surface area contributed by atoms with Gasteiger partial charge in [-0.15, -0.1) is 6.58 Å². The number of allylic oxidation sites excluding steroid dienone is 2. The van der Waals surface area contributed by atoms with Gasteiger partial charge in [-0.25, -0.2) is 0 Å². The van der Waals surface area contributed by atoms with Crippen molar-refractivity contribution in [2.24, 2.45) is 11.8 Å². The zero-order chi connectivity index (χ0) is 10.3. The van der Waals surface area contributed by atoms with E-state index in [1.165, 1.54) is 18.4 Å². The van der Waals surface area contributed by atoms with Gasteiger partial charge >= 0.3 is 0 Å². The topological polar surface area (TPSA) is 20.2 Å². The van der Waals surface area contributed by atoms with Gasteiger partial charge in [-0.2, -0.15) is 0 Å². The minimum atomic E-state index is -0.482. The smallest absolute Gasteiger partial charge is 0.0662 e. The minimum absolute atomic E-state index is 0.482. The molecule has 1 unspecified atom stereocenters. The molecule has 1 heteroatoms. The van der Waals surface area contributed by atoms with E-state index >= 15 is 0 Å². The summed E-state index contributed by atoms with van der Waals surface area (Å²) in [5, 5.41) is 10.1. The third-order valence-corrected chi connectivity index (χ3v) is 3.78. The molecule has 3 atom stereocenters. The number of rotatable bonds is 1. The third-order valence-electron chi connectivity index (χ3n) is 3.78. The summed E-state index contributed by atoms with van der Waals surface area (Å²) in [5.41, 5.74) is 2.62. The highest BCUT2D eigenvalue weighted by molar-refractivity contribution is 5.32. The molecule has 0 spiro atoms. The first-order valence-electron chi connectivity index (χ1n) is 5.60. The molecule has 2 aliphatic carbocycles. The van der Waals surface area contributed by atoms with Crippen molar-refractivity contribution in [3.05, 3.63) is 23.8 Å². The fraction of sp³-hybridized carbons (Fsp3) is 0.692. The Morgan fingerprint density at radius 3 is 2.86 bits per heavy atom. The normalized spacial score (nSPS) is 42.5. The van der Waals surface area contributed by atoms with Crippen LogP contribution >= 0.6 is 0 Å². The summed E-state index contributed by atoms with van der Waals surface area (Å²) >= 11 is 0. The summed E-state index contributed by atoms with van der Waals surface area (Å²) < 4.78 is 0. The van der Waals surface area contributed by atoms with Crippen LogP contribution in [-0.2, 0) is 0 Å². The lowest BCUT2D eigenvalue weighted by atomic mass is 9.75. The number of hydrogen-bond acceptors (Lipinski definition) is 1. The van der Waals surface area contributed by atoms with E-state index in [0.717, 1.165) is 12.8 Å². The van der Waals surface area contributed by atoms with E-state index < -0.39 is 5.60 Å². The molecule has 2 aliphatic rings. The molecule has 0 aromatic carbocycles. The zero-order valence-electron chi connectivity index (χ0n) is 9.21. The van der Waals surface area contributed by atoms with Gasteiger partial charge in [0, 0.05) is 0 Å². The molecule has 2 rings (SSSR count). The van der Waals surface area contributed by atoms with Crippen molar-refractivity contribution >= 4 is 0 Å². The quantitative estimate of drug-likeness (QED) is 0.633. The molecule has 0 heterocycles. The summed E-state index contributed by atoms with van der Waals surface area (Å²) in [6.45, 7) is 8.10. The van der Waals surface area contributed by atoms with E-state index in [9.17, 15) is 5.11 Å². The Balaban J connectivity index is 2.31. The fourth-order valence-electron chi connectivity index (χ4n) is 3.22. The van der Waals surface area contributed by atoms with Crippen LogP contribution in [0.3, 0.4) is 0 Å². The van der Waals surface area contributed by atoms with Gasteiger partial charge in [0.2, 0.25) is 0 Å². The van der Waals surface area contributed by atoms with Gasteiger partial charge in [0.15, 0.2) is 0 Å². The molecule has 0 radical (unpaired) electrons. The molecule has 1 N–H and O–H groups in total. The predicted octanol–water partition coefficient (Wildman–Crippen LogP) is 3.06. The van der Waals surface area contributed by atoms with E-state index in [2.05, 4.69) is 19.6 Å². The Morgan fingerprint density at radius 2 is 2.21 bits per heavy atom. The van der Waals surface area contributed by atoms with Crippen LogP contribution in [0.15, 0.2) is 23.8 Å². The van der Waals surface area contributed by atoms with Crippen LogP contribution in [0.25, 0.3) is 0 Å². The van der Waals surface area contributed by atoms with Crippen LogP contribution in [0, 0.1) is 11.8 Å². The first-order valence-corrected chi connectivity index (χ1v) is 5.60. The van der Waals surface area contributed by atoms with Gasteiger partial charge in [-0.05, 0) is 44.4 Å². The van der Waals surface area contributed by atoms with Gasteiger partial charge in [-0.3, -0.25) is 0 Å². The molecule has 14 heavy (non-hydrogen) atoms. The highest BCUT2D eigenvalue weighted by Crippen LogP contribution is 2.47. The van der Waals surface area contributed by atoms with Gasteiger partial charge < -0.3 is 5.11 Å². The SMILES string of the molecule is C=CC1CCC2=C1C[C@@](C)(O)C[C@H]2C. The predicted molar refractivity (Wildman–Crippen MR) is 59.0 cm³/mol. The first kappa shape index (κ1) is 9.97. The Labute approximate surface area is 86.5 Å². The van der Waals surface area contributed by atoms with Gasteiger partial charge in [-0.1, -0.05) is 24.1 Å². The molecule has 0 aliphatic heterocycles. The maximum Gasteiger partial charge on any atom is 0.0662 e. The highest BCUT2D eigenvalue weighted by atomic mass is 16.3. The maximum atomic E-state index is 10.1. The van der Waals surface area contributed by atoms with Crippen molar-refractivity contribution < 1.29 is 5.11 Å². The second-order valence-corrected chi connectivity index (χ2v) is 5.21. The molecule has 0 bridgehead atoms. The second-order valence-electron chi connectivity index (χ2n) is 5.21. The summed E-state index contributed by atoms with van der Waals surface area (Å²) in [7, 11) is 0. The van der Waals surface area contributed by atoms with E-state index in [1.54, 1.807) is 5.57 Å². The largest absolute Gasteiger partial charge is 0.390 e. The van der Waals surface area contributed by atoms with Crippen LogP contribution in [0.1, 0.15) is 39.5 Å². The average Bonchev–Trinajstić information content (AvgIpc) is 2.45. The van der Waals surface area contributed by atoms with Crippen LogP contribution in [-0.4, -0.2) is 10.7 Å². The van der Waals surface area contributed by atoms with E-state index in [4.69, 9.17) is 0 Å². The molecular formula is C13H20O. The number of aliphatic hydroxyl groups is 1. The van der Waals surface area contributed by atoms with Crippen molar-refractivity contribution in [3.63, 3.8) is 0 Å². The molecule has 0 saturated heterocycles. The van der Waals surface area contributed by atoms with Crippen LogP contribution in [0.4, 0.5) is 0 Å². The zero-order valence-corrected chi connectivity index (χ0v) is 9.21. The lowest BCUT2D eigenvalue weighted by Crippen LogP contribution is -2.32. The van der Waals surface area contributed by atoms with Crippen molar-refractivity contribution in [2.75, 3.05) is 0 Å². The van der Waals surface area contributed by atoms with Gasteiger partial charge in [0.1, 0.15) is 0 Å². The molecule has 0 amide bonds. The molecule has 0 saturated carbocycles. The summed E-state index contributed by atoms with van der Waals surface area (Å²) in [6.07, 6.45) is 6.29. The standard InChI is InChI=1S/C13H20O/c1-4-10-5-6-11-9(2)7-13(3,14)8-12(10)11/h4,9-10,14H,1,5-8H2,2-3H3/t9-,10?,13+/m1/s1. The van der Waals surface area contributed by atoms with E-state index in [1.807, 2.05) is 6.92 Å². The molecule has 0 aromatic rings. The fourth-order valence-corrected chi connectivity index (χ4v) is 3.22. The second kappa shape index (κ2) is 3.23. The van der Waals surface area contributed by atoms with E-state index in [0.29, 0.717) is 11.8 Å². The Bertz CT molecular complexity index is 286. The van der Waals surface area contributed by atoms with E-state index in [-0.39, 0.29) is 0 Å². The Morgan fingerprint density at radius 1 is 1.50 bits per heavy atom. The molecule has 0 aromatic heterocycles. The summed E-state index contributed by atoms with van der Waals surface area (Å²) in [6, 6.07) is 0. The molecule has 0 fully saturated rings. The van der Waals surface area contributed by atoms with Crippen molar-refractivity contribution in [2.45, 2.75) is 45.1 Å². The Hall–Kier alpha value is -0.560. The van der Waals surface area contributed by atoms with Crippen LogP contribution in [0.2, 0.25) is 0 Å². The summed E-state index contributed by atoms with van der Waals surface area (Å²) in [5.74, 6) is 1.11. The van der Waals surface area contributed by atoms with Crippen LogP contribution < -0.4 is 0 Å². The lowest BCUT2D eigenvalue weighted by Gasteiger charge is -2.35. The van der Waals surface area contributed by atoms with Crippen molar-refractivity contribution in [1.82, 2.24) is 0 Å². The van der Waals surface area contributed by atoms with Crippen LogP contribution in [0.5, 0.6) is 0 Å². The van der Waals surface area contributed by atoms with Crippen molar-refractivity contribution in [3.8, 4) is 0 Å².